The number of aromatic amines is 1. The lowest BCUT2D eigenvalue weighted by molar-refractivity contribution is -0.131. The first-order valence-electron chi connectivity index (χ1n) is 9.22. The number of aliphatic hydroxyl groups excluding tert-OH is 1. The zero-order chi connectivity index (χ0) is 19.1. The number of benzene rings is 1. The molecule has 1 aromatic carbocycles. The van der Waals surface area contributed by atoms with Crippen LogP contribution in [0.3, 0.4) is 0 Å². The van der Waals surface area contributed by atoms with Crippen LogP contribution in [0.2, 0.25) is 0 Å². The lowest BCUT2D eigenvalue weighted by Crippen LogP contribution is -2.32. The van der Waals surface area contributed by atoms with E-state index in [1.54, 1.807) is 13.0 Å². The van der Waals surface area contributed by atoms with Gasteiger partial charge in [0.2, 0.25) is 5.91 Å². The minimum Gasteiger partial charge on any atom is -0.387 e. The van der Waals surface area contributed by atoms with E-state index in [-0.39, 0.29) is 18.1 Å². The van der Waals surface area contributed by atoms with Gasteiger partial charge in [-0.3, -0.25) is 9.48 Å². The second-order valence-electron chi connectivity index (χ2n) is 7.20. The third-order valence-electron chi connectivity index (χ3n) is 5.25. The van der Waals surface area contributed by atoms with Gasteiger partial charge in [-0.15, -0.1) is 0 Å². The first kappa shape index (κ1) is 17.7. The molecule has 1 aliphatic heterocycles. The Labute approximate surface area is 156 Å². The third kappa shape index (κ3) is 3.23. The summed E-state index contributed by atoms with van der Waals surface area (Å²) in [4.78, 5) is 17.9. The molecule has 1 aliphatic rings. The van der Waals surface area contributed by atoms with Gasteiger partial charge in [0.1, 0.15) is 5.82 Å². The quantitative estimate of drug-likeness (QED) is 0.745. The molecule has 0 bridgehead atoms. The molecule has 3 aromatic rings. The molecule has 2 aromatic heterocycles. The number of hydrogen-bond donors (Lipinski definition) is 2. The van der Waals surface area contributed by atoms with E-state index in [1.165, 1.54) is 6.07 Å². The molecular formula is C20H23FN4O2. The summed E-state index contributed by atoms with van der Waals surface area (Å²) in [6.45, 7) is 5.40. The van der Waals surface area contributed by atoms with E-state index in [9.17, 15) is 14.3 Å². The number of para-hydroxylation sites is 1. The predicted molar refractivity (Wildman–Crippen MR) is 99.6 cm³/mol. The van der Waals surface area contributed by atoms with Crippen LogP contribution in [-0.4, -0.2) is 37.2 Å². The normalized spacial score (nSPS) is 15.6. The lowest BCUT2D eigenvalue weighted by atomic mass is 10.1. The highest BCUT2D eigenvalue weighted by Gasteiger charge is 2.23. The molecule has 1 amide bonds. The lowest BCUT2D eigenvalue weighted by Gasteiger charge is -2.20. The molecule has 7 heteroatoms. The number of aryl methyl sites for hydroxylation is 2. The number of carbonyl (C=O) groups excluding carboxylic acids is 1. The molecule has 0 saturated carbocycles. The van der Waals surface area contributed by atoms with Gasteiger partial charge in [0, 0.05) is 24.2 Å². The van der Waals surface area contributed by atoms with Crippen molar-refractivity contribution in [3.8, 4) is 0 Å². The van der Waals surface area contributed by atoms with E-state index in [4.69, 9.17) is 0 Å². The zero-order valence-electron chi connectivity index (χ0n) is 15.5. The fourth-order valence-electron chi connectivity index (χ4n) is 3.76. The average molecular weight is 370 g/mol. The molecule has 0 unspecified atom stereocenters. The maximum atomic E-state index is 14.0. The highest BCUT2D eigenvalue weighted by molar-refractivity contribution is 5.90. The van der Waals surface area contributed by atoms with Gasteiger partial charge in [-0.2, -0.15) is 5.10 Å². The molecule has 27 heavy (non-hydrogen) atoms. The Morgan fingerprint density at radius 2 is 2.22 bits per heavy atom. The largest absolute Gasteiger partial charge is 0.387 e. The summed E-state index contributed by atoms with van der Waals surface area (Å²) in [6.07, 6.45) is 0.408. The molecule has 142 valence electrons. The Bertz CT molecular complexity index is 1000. The summed E-state index contributed by atoms with van der Waals surface area (Å²) in [7, 11) is 0. The Morgan fingerprint density at radius 1 is 1.41 bits per heavy atom. The number of nitrogens with zero attached hydrogens (tertiary/aromatic N) is 3. The molecule has 0 saturated heterocycles. The van der Waals surface area contributed by atoms with Crippen molar-refractivity contribution in [3.63, 3.8) is 0 Å². The topological polar surface area (TPSA) is 74.2 Å². The fourth-order valence-corrected chi connectivity index (χ4v) is 3.76. The maximum Gasteiger partial charge on any atom is 0.227 e. The number of H-pyrrole nitrogens is 1. The summed E-state index contributed by atoms with van der Waals surface area (Å²) in [5.74, 6) is -0.296. The van der Waals surface area contributed by atoms with Crippen molar-refractivity contribution in [1.29, 1.82) is 0 Å². The van der Waals surface area contributed by atoms with Crippen LogP contribution in [-0.2, 0) is 24.3 Å². The Kier molecular flexibility index (Phi) is 4.47. The number of fused-ring (bicyclic) bond motifs is 2. The van der Waals surface area contributed by atoms with Gasteiger partial charge in [0.05, 0.1) is 36.0 Å². The van der Waals surface area contributed by atoms with Crippen molar-refractivity contribution in [3.05, 3.63) is 52.7 Å². The van der Waals surface area contributed by atoms with Crippen LogP contribution in [0.1, 0.15) is 42.1 Å². The van der Waals surface area contributed by atoms with Crippen molar-refractivity contribution >= 4 is 16.8 Å². The molecular weight excluding hydrogens is 347 g/mol. The number of nitrogens with one attached hydrogen (secondary N) is 1. The highest BCUT2D eigenvalue weighted by atomic mass is 19.1. The predicted octanol–water partition coefficient (Wildman–Crippen LogP) is 2.84. The van der Waals surface area contributed by atoms with Crippen molar-refractivity contribution in [2.24, 2.45) is 0 Å². The second kappa shape index (κ2) is 6.81. The number of aromatic nitrogens is 3. The van der Waals surface area contributed by atoms with E-state index in [1.807, 2.05) is 28.6 Å². The highest BCUT2D eigenvalue weighted by Crippen LogP contribution is 2.26. The monoisotopic (exact) mass is 370 g/mol. The summed E-state index contributed by atoms with van der Waals surface area (Å²) in [6, 6.07) is 6.79. The molecule has 4 rings (SSSR count). The van der Waals surface area contributed by atoms with Crippen LogP contribution in [0.15, 0.2) is 24.3 Å². The minimum atomic E-state index is -0.627. The second-order valence-corrected chi connectivity index (χ2v) is 7.20. The molecule has 0 fully saturated rings. The molecule has 6 nitrogen and oxygen atoms in total. The van der Waals surface area contributed by atoms with Crippen molar-refractivity contribution in [2.75, 3.05) is 6.54 Å². The average Bonchev–Trinajstić information content (AvgIpc) is 3.10. The molecule has 0 spiro atoms. The van der Waals surface area contributed by atoms with E-state index in [0.29, 0.717) is 24.3 Å². The number of carbonyl (C=O) groups is 1. The molecule has 2 N–H and O–H groups in total. The van der Waals surface area contributed by atoms with Crippen molar-refractivity contribution in [1.82, 2.24) is 19.7 Å². The SMILES string of the molecule is Cc1[nH]c2c(F)cccc2c1CC(=O)N1CCCn2nc([C@@H](C)O)cc2C1. The van der Waals surface area contributed by atoms with E-state index < -0.39 is 6.10 Å². The molecule has 0 aliphatic carbocycles. The fraction of sp³-hybridized carbons (Fsp3) is 0.400. The van der Waals surface area contributed by atoms with Gasteiger partial charge >= 0.3 is 0 Å². The molecule has 0 radical (unpaired) electrons. The Balaban J connectivity index is 1.58. The molecule has 1 atom stereocenters. The van der Waals surface area contributed by atoms with Crippen molar-refractivity contribution in [2.45, 2.75) is 45.9 Å². The third-order valence-corrected chi connectivity index (χ3v) is 5.25. The molecule has 3 heterocycles. The van der Waals surface area contributed by atoms with Gasteiger partial charge in [-0.05, 0) is 38.0 Å². The van der Waals surface area contributed by atoms with Gasteiger partial charge in [0.15, 0.2) is 0 Å². The van der Waals surface area contributed by atoms with Crippen molar-refractivity contribution < 1.29 is 14.3 Å². The van der Waals surface area contributed by atoms with Crippen LogP contribution in [0, 0.1) is 12.7 Å². The van der Waals surface area contributed by atoms with Crippen LogP contribution in [0.25, 0.3) is 10.9 Å². The number of aliphatic hydroxyl groups is 1. The van der Waals surface area contributed by atoms with Gasteiger partial charge < -0.3 is 15.0 Å². The Morgan fingerprint density at radius 3 is 3.00 bits per heavy atom. The maximum absolute atomic E-state index is 14.0. The van der Waals surface area contributed by atoms with Crippen LogP contribution >= 0.6 is 0 Å². The van der Waals surface area contributed by atoms with Gasteiger partial charge in [0.25, 0.3) is 0 Å². The minimum absolute atomic E-state index is 0.0107. The van der Waals surface area contributed by atoms with Crippen LogP contribution < -0.4 is 0 Å². The number of halogens is 1. The summed E-state index contributed by atoms with van der Waals surface area (Å²) < 4.78 is 15.9. The summed E-state index contributed by atoms with van der Waals surface area (Å²) in [5, 5.41) is 14.9. The smallest absolute Gasteiger partial charge is 0.227 e. The first-order chi connectivity index (χ1) is 12.9. The van der Waals surface area contributed by atoms with Crippen LogP contribution in [0.5, 0.6) is 0 Å². The van der Waals surface area contributed by atoms with E-state index >= 15 is 0 Å². The summed E-state index contributed by atoms with van der Waals surface area (Å²) >= 11 is 0. The number of rotatable bonds is 3. The summed E-state index contributed by atoms with van der Waals surface area (Å²) in [5.41, 5.74) is 3.67. The number of hydrogen-bond acceptors (Lipinski definition) is 3. The standard InChI is InChI=1S/C20H23FN4O2/c1-12-16(15-5-3-6-17(21)20(15)22-12)10-19(27)24-7-4-8-25-14(11-24)9-18(23-25)13(2)26/h3,5-6,9,13,22,26H,4,7-8,10-11H2,1-2H3/t13-/m1/s1. The van der Waals surface area contributed by atoms with E-state index in [2.05, 4.69) is 10.1 Å². The van der Waals surface area contributed by atoms with E-state index in [0.717, 1.165) is 35.3 Å². The van der Waals surface area contributed by atoms with Gasteiger partial charge in [-0.1, -0.05) is 12.1 Å². The number of amides is 1. The van der Waals surface area contributed by atoms with Gasteiger partial charge in [-0.25, -0.2) is 4.39 Å². The van der Waals surface area contributed by atoms with Crippen LogP contribution in [0.4, 0.5) is 4.39 Å². The first-order valence-corrected chi connectivity index (χ1v) is 9.22. The Hall–Kier alpha value is -2.67. The zero-order valence-corrected chi connectivity index (χ0v) is 15.5.